The van der Waals surface area contributed by atoms with Crippen molar-refractivity contribution in [3.63, 3.8) is 0 Å². The van der Waals surface area contributed by atoms with Gasteiger partial charge in [0.05, 0.1) is 6.61 Å². The molecule has 0 radical (unpaired) electrons. The van der Waals surface area contributed by atoms with Gasteiger partial charge in [0.25, 0.3) is 0 Å². The highest BCUT2D eigenvalue weighted by molar-refractivity contribution is 5.72. The molecule has 154 valence electrons. The Morgan fingerprint density at radius 1 is 0.900 bits per heavy atom. The van der Waals surface area contributed by atoms with Crippen molar-refractivity contribution in [3.05, 3.63) is 101 Å². The van der Waals surface area contributed by atoms with Crippen LogP contribution in [0.2, 0.25) is 0 Å². The molecule has 0 atom stereocenters. The molecule has 4 heteroatoms. The standard InChI is InChI=1S/C26H23F3O/c1-3-4-5-16-30-24-15-14-22(25(28)26(24)29)20-11-7-19(8-12-20)9-13-21-10-6-18(2)17-23(21)27/h3,6-15,17H,1,4-5,16H2,2H3/b13-9+. The summed E-state index contributed by atoms with van der Waals surface area (Å²) in [5, 5.41) is 0. The Kier molecular flexibility index (Phi) is 7.12. The molecule has 3 aromatic rings. The van der Waals surface area contributed by atoms with E-state index in [9.17, 15) is 13.2 Å². The molecule has 0 aliphatic heterocycles. The quantitative estimate of drug-likeness (QED) is 0.212. The number of benzene rings is 3. The molecule has 0 aliphatic rings. The zero-order valence-electron chi connectivity index (χ0n) is 16.8. The topological polar surface area (TPSA) is 9.23 Å². The molecule has 3 rings (SSSR count). The van der Waals surface area contributed by atoms with Gasteiger partial charge in [-0.25, -0.2) is 8.78 Å². The minimum absolute atomic E-state index is 0.0972. The van der Waals surface area contributed by atoms with Gasteiger partial charge >= 0.3 is 0 Å². The van der Waals surface area contributed by atoms with Gasteiger partial charge in [-0.2, -0.15) is 4.39 Å². The molecule has 0 unspecified atom stereocenters. The lowest BCUT2D eigenvalue weighted by Crippen LogP contribution is -2.01. The first kappa shape index (κ1) is 21.4. The number of hydrogen-bond donors (Lipinski definition) is 0. The summed E-state index contributed by atoms with van der Waals surface area (Å²) < 4.78 is 48.1. The van der Waals surface area contributed by atoms with Crippen LogP contribution in [0.25, 0.3) is 23.3 Å². The van der Waals surface area contributed by atoms with Crippen LogP contribution in [-0.2, 0) is 0 Å². The number of halogens is 3. The molecular formula is C26H23F3O. The Hall–Kier alpha value is -3.27. The first-order chi connectivity index (χ1) is 14.5. The number of hydrogen-bond acceptors (Lipinski definition) is 1. The van der Waals surface area contributed by atoms with Crippen LogP contribution in [0.1, 0.15) is 29.5 Å². The summed E-state index contributed by atoms with van der Waals surface area (Å²) in [6.07, 6.45) is 6.64. The average Bonchev–Trinajstić information content (AvgIpc) is 2.74. The average molecular weight is 408 g/mol. The van der Waals surface area contributed by atoms with Crippen LogP contribution in [0, 0.1) is 24.4 Å². The van der Waals surface area contributed by atoms with Crippen LogP contribution < -0.4 is 4.74 Å². The number of unbranched alkanes of at least 4 members (excludes halogenated alkanes) is 1. The fraction of sp³-hybridized carbons (Fsp3) is 0.154. The van der Waals surface area contributed by atoms with Crippen LogP contribution in [0.15, 0.2) is 67.3 Å². The van der Waals surface area contributed by atoms with E-state index in [1.165, 1.54) is 18.2 Å². The molecule has 0 aliphatic carbocycles. The molecule has 0 fully saturated rings. The lowest BCUT2D eigenvalue weighted by atomic mass is 10.0. The van der Waals surface area contributed by atoms with Crippen LogP contribution >= 0.6 is 0 Å². The Morgan fingerprint density at radius 3 is 2.37 bits per heavy atom. The van der Waals surface area contributed by atoms with Gasteiger partial charge in [-0.15, -0.1) is 6.58 Å². The molecule has 0 saturated carbocycles. The lowest BCUT2D eigenvalue weighted by Gasteiger charge is -2.10. The molecule has 0 N–H and O–H groups in total. The Morgan fingerprint density at radius 2 is 1.67 bits per heavy atom. The minimum Gasteiger partial charge on any atom is -0.490 e. The van der Waals surface area contributed by atoms with E-state index in [-0.39, 0.29) is 17.1 Å². The molecule has 0 saturated heterocycles. The number of rotatable bonds is 8. The van der Waals surface area contributed by atoms with Crippen molar-refractivity contribution in [2.75, 3.05) is 6.61 Å². The van der Waals surface area contributed by atoms with Crippen molar-refractivity contribution >= 4 is 12.2 Å². The van der Waals surface area contributed by atoms with Crippen molar-refractivity contribution < 1.29 is 17.9 Å². The molecule has 30 heavy (non-hydrogen) atoms. The summed E-state index contributed by atoms with van der Waals surface area (Å²) >= 11 is 0. The highest BCUT2D eigenvalue weighted by atomic mass is 19.2. The predicted octanol–water partition coefficient (Wildman–Crippen LogP) is 7.59. The van der Waals surface area contributed by atoms with Crippen molar-refractivity contribution in [2.24, 2.45) is 0 Å². The van der Waals surface area contributed by atoms with E-state index in [4.69, 9.17) is 4.74 Å². The van der Waals surface area contributed by atoms with Crippen molar-refractivity contribution in [1.29, 1.82) is 0 Å². The summed E-state index contributed by atoms with van der Waals surface area (Å²) in [6, 6.07) is 14.9. The smallest absolute Gasteiger partial charge is 0.201 e. The van der Waals surface area contributed by atoms with Gasteiger partial charge < -0.3 is 4.74 Å². The second-order valence-electron chi connectivity index (χ2n) is 7.00. The number of ether oxygens (including phenoxy) is 1. The predicted molar refractivity (Wildman–Crippen MR) is 117 cm³/mol. The lowest BCUT2D eigenvalue weighted by molar-refractivity contribution is 0.291. The van der Waals surface area contributed by atoms with E-state index in [0.29, 0.717) is 24.2 Å². The molecular weight excluding hydrogens is 385 g/mol. The monoisotopic (exact) mass is 408 g/mol. The van der Waals surface area contributed by atoms with Crippen LogP contribution in [0.3, 0.4) is 0 Å². The van der Waals surface area contributed by atoms with Gasteiger partial charge in [0.1, 0.15) is 5.82 Å². The normalized spacial score (nSPS) is 11.1. The van der Waals surface area contributed by atoms with Gasteiger partial charge in [0, 0.05) is 11.1 Å². The van der Waals surface area contributed by atoms with E-state index in [1.807, 2.05) is 13.0 Å². The van der Waals surface area contributed by atoms with E-state index in [0.717, 1.165) is 17.5 Å². The molecule has 3 aromatic carbocycles. The first-order valence-electron chi connectivity index (χ1n) is 9.76. The molecule has 0 spiro atoms. The summed E-state index contributed by atoms with van der Waals surface area (Å²) in [5.41, 5.74) is 2.87. The van der Waals surface area contributed by atoms with Gasteiger partial charge in [0.15, 0.2) is 11.6 Å². The Labute approximate surface area is 175 Å². The Bertz CT molecular complexity index is 1050. The SMILES string of the molecule is C=CCCCOc1ccc(-c2ccc(/C=C/c3ccc(C)cc3F)cc2)c(F)c1F. The number of aryl methyl sites for hydroxylation is 1. The molecule has 1 nitrogen and oxygen atoms in total. The first-order valence-corrected chi connectivity index (χ1v) is 9.76. The number of allylic oxidation sites excluding steroid dienone is 1. The van der Waals surface area contributed by atoms with Crippen molar-refractivity contribution in [2.45, 2.75) is 19.8 Å². The second kappa shape index (κ2) is 9.97. The minimum atomic E-state index is -0.995. The molecule has 0 bridgehead atoms. The Balaban J connectivity index is 1.74. The highest BCUT2D eigenvalue weighted by Gasteiger charge is 2.15. The van der Waals surface area contributed by atoms with Crippen LogP contribution in [0.5, 0.6) is 5.75 Å². The third kappa shape index (κ3) is 5.20. The van der Waals surface area contributed by atoms with E-state index in [2.05, 4.69) is 6.58 Å². The highest BCUT2D eigenvalue weighted by Crippen LogP contribution is 2.30. The maximum absolute atomic E-state index is 14.5. The third-order valence-electron chi connectivity index (χ3n) is 4.69. The van der Waals surface area contributed by atoms with Crippen molar-refractivity contribution in [1.82, 2.24) is 0 Å². The van der Waals surface area contributed by atoms with Gasteiger partial charge in [-0.05, 0) is 54.7 Å². The van der Waals surface area contributed by atoms with Gasteiger partial charge in [0.2, 0.25) is 5.82 Å². The zero-order valence-corrected chi connectivity index (χ0v) is 16.8. The summed E-state index contributed by atoms with van der Waals surface area (Å²) in [6.45, 7) is 5.74. The fourth-order valence-electron chi connectivity index (χ4n) is 3.00. The summed E-state index contributed by atoms with van der Waals surface area (Å²) in [5.74, 6) is -2.32. The van der Waals surface area contributed by atoms with E-state index in [1.54, 1.807) is 48.6 Å². The zero-order chi connectivity index (χ0) is 21.5. The molecule has 0 amide bonds. The molecule has 0 aromatic heterocycles. The summed E-state index contributed by atoms with van der Waals surface area (Å²) in [7, 11) is 0. The molecule has 0 heterocycles. The second-order valence-corrected chi connectivity index (χ2v) is 7.00. The third-order valence-corrected chi connectivity index (χ3v) is 4.69. The largest absolute Gasteiger partial charge is 0.490 e. The maximum Gasteiger partial charge on any atom is 0.201 e. The maximum atomic E-state index is 14.5. The van der Waals surface area contributed by atoms with Crippen molar-refractivity contribution in [3.8, 4) is 16.9 Å². The van der Waals surface area contributed by atoms with Gasteiger partial charge in [-0.1, -0.05) is 54.6 Å². The fourth-order valence-corrected chi connectivity index (χ4v) is 3.00. The van der Waals surface area contributed by atoms with E-state index >= 15 is 0 Å². The van der Waals surface area contributed by atoms with Gasteiger partial charge in [-0.3, -0.25) is 0 Å². The van der Waals surface area contributed by atoms with E-state index < -0.39 is 11.6 Å². The summed E-state index contributed by atoms with van der Waals surface area (Å²) in [4.78, 5) is 0. The van der Waals surface area contributed by atoms with Crippen LogP contribution in [-0.4, -0.2) is 6.61 Å². The van der Waals surface area contributed by atoms with Crippen LogP contribution in [0.4, 0.5) is 13.2 Å².